The maximum absolute atomic E-state index is 12.6. The van der Waals surface area contributed by atoms with Crippen LogP contribution >= 0.6 is 0 Å². The number of benzene rings is 1. The first-order chi connectivity index (χ1) is 15.1. The minimum atomic E-state index is -0.0379. The van der Waals surface area contributed by atoms with Gasteiger partial charge in [-0.2, -0.15) is 0 Å². The number of para-hydroxylation sites is 2. The smallest absolute Gasteiger partial charge is 0.225 e. The number of methoxy groups -OCH3 is 1. The molecule has 1 N–H and O–H groups in total. The van der Waals surface area contributed by atoms with Crippen molar-refractivity contribution in [1.82, 2.24) is 15.3 Å². The van der Waals surface area contributed by atoms with Gasteiger partial charge in [0.1, 0.15) is 6.61 Å². The Hall–Kier alpha value is -2.83. The van der Waals surface area contributed by atoms with Crippen molar-refractivity contribution < 1.29 is 14.3 Å². The van der Waals surface area contributed by atoms with Gasteiger partial charge in [0.25, 0.3) is 0 Å². The van der Waals surface area contributed by atoms with Gasteiger partial charge in [-0.05, 0) is 55.7 Å². The molecule has 0 spiro atoms. The Kier molecular flexibility index (Phi) is 6.89. The quantitative estimate of drug-likeness (QED) is 0.689. The van der Waals surface area contributed by atoms with E-state index in [0.717, 1.165) is 49.1 Å². The van der Waals surface area contributed by atoms with Crippen LogP contribution in [0.2, 0.25) is 0 Å². The Morgan fingerprint density at radius 3 is 2.74 bits per heavy atom. The molecule has 7 nitrogen and oxygen atoms in total. The first kappa shape index (κ1) is 21.4. The van der Waals surface area contributed by atoms with Gasteiger partial charge in [-0.1, -0.05) is 19.1 Å². The molecule has 0 saturated carbocycles. The minimum absolute atomic E-state index is 0.0379. The zero-order valence-corrected chi connectivity index (χ0v) is 18.5. The molecule has 166 valence electrons. The molecular formula is C24H32N4O3. The molecule has 1 saturated heterocycles. The Balaban J connectivity index is 1.26. The molecule has 1 amide bonds. The minimum Gasteiger partial charge on any atom is -0.493 e. The molecule has 2 aliphatic rings. The van der Waals surface area contributed by atoms with E-state index < -0.39 is 0 Å². The average molecular weight is 425 g/mol. The van der Waals surface area contributed by atoms with Gasteiger partial charge in [0.15, 0.2) is 11.5 Å². The molecule has 2 heterocycles. The van der Waals surface area contributed by atoms with Gasteiger partial charge in [-0.15, -0.1) is 0 Å². The Labute approximate surface area is 184 Å². The van der Waals surface area contributed by atoms with Crippen LogP contribution in [0.15, 0.2) is 30.5 Å². The molecule has 0 bridgehead atoms. The lowest BCUT2D eigenvalue weighted by Gasteiger charge is -2.31. The molecule has 1 aliphatic heterocycles. The number of hydrogen-bond donors (Lipinski definition) is 1. The van der Waals surface area contributed by atoms with Crippen molar-refractivity contribution >= 4 is 11.9 Å². The maximum atomic E-state index is 12.6. The Morgan fingerprint density at radius 1 is 1.19 bits per heavy atom. The number of aryl methyl sites for hydroxylation is 1. The van der Waals surface area contributed by atoms with E-state index >= 15 is 0 Å². The first-order valence-electron chi connectivity index (χ1n) is 11.3. The van der Waals surface area contributed by atoms with Crippen molar-refractivity contribution in [3.63, 3.8) is 0 Å². The summed E-state index contributed by atoms with van der Waals surface area (Å²) in [4.78, 5) is 24.4. The van der Waals surface area contributed by atoms with Crippen LogP contribution < -0.4 is 19.7 Å². The molecule has 0 radical (unpaired) electrons. The third-order valence-corrected chi connectivity index (χ3v) is 6.30. The van der Waals surface area contributed by atoms with Crippen LogP contribution in [-0.4, -0.2) is 49.2 Å². The molecular weight excluding hydrogens is 392 g/mol. The molecule has 1 aliphatic carbocycles. The number of piperidine rings is 1. The third kappa shape index (κ3) is 5.27. The third-order valence-electron chi connectivity index (χ3n) is 6.30. The molecule has 1 atom stereocenters. The fourth-order valence-electron chi connectivity index (χ4n) is 4.30. The van der Waals surface area contributed by atoms with Crippen LogP contribution in [0.3, 0.4) is 0 Å². The van der Waals surface area contributed by atoms with Crippen LogP contribution in [0, 0.1) is 11.8 Å². The van der Waals surface area contributed by atoms with E-state index in [0.29, 0.717) is 31.1 Å². The summed E-state index contributed by atoms with van der Waals surface area (Å²) in [5, 5.41) is 3.00. The Morgan fingerprint density at radius 2 is 1.97 bits per heavy atom. The Bertz CT molecular complexity index is 896. The maximum Gasteiger partial charge on any atom is 0.225 e. The zero-order valence-electron chi connectivity index (χ0n) is 18.5. The van der Waals surface area contributed by atoms with Gasteiger partial charge >= 0.3 is 0 Å². The summed E-state index contributed by atoms with van der Waals surface area (Å²) in [6.45, 7) is 5.23. The van der Waals surface area contributed by atoms with Crippen molar-refractivity contribution in [3.05, 3.63) is 41.7 Å². The van der Waals surface area contributed by atoms with Crippen LogP contribution in [0.4, 0.5) is 5.95 Å². The number of amides is 1. The number of nitrogens with zero attached hydrogens (tertiary/aromatic N) is 3. The number of ether oxygens (including phenoxy) is 2. The number of carbonyl (C=O) groups excluding carboxylic acids is 1. The molecule has 7 heteroatoms. The van der Waals surface area contributed by atoms with Crippen molar-refractivity contribution in [2.24, 2.45) is 11.8 Å². The van der Waals surface area contributed by atoms with E-state index in [4.69, 9.17) is 14.5 Å². The normalized spacial score (nSPS) is 18.9. The molecule has 1 fully saturated rings. The standard InChI is InChI=1S/C24H32N4O3/c1-17-9-12-28(13-10-17)24-26-16-19-15-18(7-8-20(19)27-24)23(29)25-11-14-31-22-6-4-3-5-21(22)30-2/h3-6,16-18H,7-15H2,1-2H3,(H,25,29)/t18-/m1/s1. The summed E-state index contributed by atoms with van der Waals surface area (Å²) in [7, 11) is 1.62. The van der Waals surface area contributed by atoms with E-state index in [9.17, 15) is 4.79 Å². The highest BCUT2D eigenvalue weighted by Gasteiger charge is 2.27. The van der Waals surface area contributed by atoms with E-state index in [-0.39, 0.29) is 11.8 Å². The summed E-state index contributed by atoms with van der Waals surface area (Å²) in [6, 6.07) is 7.51. The number of anilines is 1. The molecule has 2 aromatic rings. The number of nitrogens with one attached hydrogen (secondary N) is 1. The lowest BCUT2D eigenvalue weighted by atomic mass is 9.86. The largest absolute Gasteiger partial charge is 0.493 e. The van der Waals surface area contributed by atoms with Crippen LogP contribution in [-0.2, 0) is 17.6 Å². The van der Waals surface area contributed by atoms with Gasteiger partial charge in [0.05, 0.1) is 13.7 Å². The second-order valence-electron chi connectivity index (χ2n) is 8.54. The van der Waals surface area contributed by atoms with Gasteiger partial charge in [-0.25, -0.2) is 9.97 Å². The van der Waals surface area contributed by atoms with Crippen molar-refractivity contribution in [2.75, 3.05) is 38.3 Å². The molecule has 1 aromatic carbocycles. The van der Waals surface area contributed by atoms with Crippen LogP contribution in [0.5, 0.6) is 11.5 Å². The van der Waals surface area contributed by atoms with Crippen molar-refractivity contribution in [1.29, 1.82) is 0 Å². The van der Waals surface area contributed by atoms with E-state index in [1.165, 1.54) is 12.8 Å². The van der Waals surface area contributed by atoms with Crippen LogP contribution in [0.1, 0.15) is 37.4 Å². The molecule has 31 heavy (non-hydrogen) atoms. The van der Waals surface area contributed by atoms with E-state index in [2.05, 4.69) is 22.1 Å². The van der Waals surface area contributed by atoms with Crippen molar-refractivity contribution in [3.8, 4) is 11.5 Å². The zero-order chi connectivity index (χ0) is 21.6. The molecule has 0 unspecified atom stereocenters. The summed E-state index contributed by atoms with van der Waals surface area (Å²) in [5.41, 5.74) is 2.21. The van der Waals surface area contributed by atoms with Gasteiger partial charge in [-0.3, -0.25) is 4.79 Å². The van der Waals surface area contributed by atoms with E-state index in [1.807, 2.05) is 30.5 Å². The number of hydrogen-bond acceptors (Lipinski definition) is 6. The number of fused-ring (bicyclic) bond motifs is 1. The van der Waals surface area contributed by atoms with Gasteiger partial charge in [0, 0.05) is 30.9 Å². The SMILES string of the molecule is COc1ccccc1OCCNC(=O)[C@@H]1CCc2nc(N3CCC(C)CC3)ncc2C1. The number of rotatable bonds is 7. The first-order valence-corrected chi connectivity index (χ1v) is 11.3. The summed E-state index contributed by atoms with van der Waals surface area (Å²) in [5.74, 6) is 3.04. The topological polar surface area (TPSA) is 76.6 Å². The van der Waals surface area contributed by atoms with Crippen LogP contribution in [0.25, 0.3) is 0 Å². The van der Waals surface area contributed by atoms with Crippen molar-refractivity contribution in [2.45, 2.75) is 39.0 Å². The summed E-state index contributed by atoms with van der Waals surface area (Å²) in [6.07, 6.45) is 6.67. The highest BCUT2D eigenvalue weighted by Crippen LogP contribution is 2.27. The summed E-state index contributed by atoms with van der Waals surface area (Å²) >= 11 is 0. The van der Waals surface area contributed by atoms with Gasteiger partial charge in [0.2, 0.25) is 11.9 Å². The molecule has 1 aromatic heterocycles. The second-order valence-corrected chi connectivity index (χ2v) is 8.54. The van der Waals surface area contributed by atoms with Gasteiger partial charge < -0.3 is 19.7 Å². The second kappa shape index (κ2) is 9.98. The lowest BCUT2D eigenvalue weighted by Crippen LogP contribution is -2.37. The molecule has 4 rings (SSSR count). The average Bonchev–Trinajstić information content (AvgIpc) is 2.81. The highest BCUT2D eigenvalue weighted by atomic mass is 16.5. The summed E-state index contributed by atoms with van der Waals surface area (Å²) < 4.78 is 11.0. The predicted molar refractivity (Wildman–Crippen MR) is 120 cm³/mol. The lowest BCUT2D eigenvalue weighted by molar-refractivity contribution is -0.125. The fraction of sp³-hybridized carbons (Fsp3) is 0.542. The monoisotopic (exact) mass is 424 g/mol. The number of carbonyl (C=O) groups is 1. The predicted octanol–water partition coefficient (Wildman–Crippen LogP) is 3.02. The highest BCUT2D eigenvalue weighted by molar-refractivity contribution is 5.79. The van der Waals surface area contributed by atoms with E-state index in [1.54, 1.807) is 7.11 Å². The number of aromatic nitrogens is 2. The fourth-order valence-corrected chi connectivity index (χ4v) is 4.30.